The number of carbonyl (C=O) groups excluding carboxylic acids is 1. The van der Waals surface area contributed by atoms with E-state index in [2.05, 4.69) is 35.8 Å². The van der Waals surface area contributed by atoms with Crippen LogP contribution in [0, 0.1) is 11.5 Å². The summed E-state index contributed by atoms with van der Waals surface area (Å²) >= 11 is 0. The Hall–Kier alpha value is -0.843. The molecule has 0 aliphatic carbocycles. The molecule has 0 heterocycles. The molecule has 5 nitrogen and oxygen atoms in total. The topological polar surface area (TPSA) is 69.7 Å². The minimum absolute atomic E-state index is 0.116. The molecule has 110 valence electrons. The van der Waals surface area contributed by atoms with Crippen molar-refractivity contribution < 1.29 is 22.1 Å². The molecule has 0 saturated carbocycles. The molecule has 0 fully saturated rings. The molecule has 0 radical (unpaired) electrons. The lowest BCUT2D eigenvalue weighted by Crippen LogP contribution is -2.20. The normalized spacial score (nSPS) is 13.3. The average molecular weight is 306 g/mol. The Morgan fingerprint density at radius 3 is 2.32 bits per heavy atom. The first-order valence-electron chi connectivity index (χ1n) is 5.98. The molecule has 1 atom stereocenters. The monoisotopic (exact) mass is 306 g/mol. The van der Waals surface area contributed by atoms with Crippen LogP contribution in [-0.2, 0) is 23.8 Å². The summed E-state index contributed by atoms with van der Waals surface area (Å²) in [5, 5.41) is 0. The van der Waals surface area contributed by atoms with Crippen LogP contribution in [0.5, 0.6) is 0 Å². The number of hydrogen-bond donors (Lipinski definition) is 0. The maximum atomic E-state index is 11.1. The van der Waals surface area contributed by atoms with Gasteiger partial charge in [0.25, 0.3) is 10.1 Å². The highest BCUT2D eigenvalue weighted by atomic mass is 32.2. The van der Waals surface area contributed by atoms with Crippen LogP contribution in [0.2, 0.25) is 19.6 Å². The average Bonchev–Trinajstić information content (AvgIpc) is 2.21. The minimum Gasteiger partial charge on any atom is -0.469 e. The largest absolute Gasteiger partial charge is 0.469 e. The predicted octanol–water partition coefficient (Wildman–Crippen LogP) is 1.56. The fourth-order valence-electron chi connectivity index (χ4n) is 1.24. The summed E-state index contributed by atoms with van der Waals surface area (Å²) in [7, 11) is -3.75. The van der Waals surface area contributed by atoms with Gasteiger partial charge < -0.3 is 4.74 Å². The van der Waals surface area contributed by atoms with Gasteiger partial charge in [-0.3, -0.25) is 8.98 Å². The molecule has 0 aromatic heterocycles. The lowest BCUT2D eigenvalue weighted by molar-refractivity contribution is -0.141. The molecule has 0 rings (SSSR count). The quantitative estimate of drug-likeness (QED) is 0.322. The van der Waals surface area contributed by atoms with Gasteiger partial charge >= 0.3 is 5.97 Å². The molecule has 0 aliphatic rings. The van der Waals surface area contributed by atoms with Gasteiger partial charge in [-0.2, -0.15) is 8.42 Å². The molecule has 0 aromatic rings. The summed E-state index contributed by atoms with van der Waals surface area (Å²) in [5.41, 5.74) is 3.14. The van der Waals surface area contributed by atoms with Crippen molar-refractivity contribution in [2.75, 3.05) is 13.4 Å². The van der Waals surface area contributed by atoms with Crippen molar-refractivity contribution in [3.05, 3.63) is 0 Å². The molecule has 0 aromatic carbocycles. The van der Waals surface area contributed by atoms with Crippen LogP contribution in [-0.4, -0.2) is 41.9 Å². The molecule has 0 amide bonds. The second-order valence-electron chi connectivity index (χ2n) is 5.29. The van der Waals surface area contributed by atoms with E-state index in [1.54, 1.807) is 0 Å². The van der Waals surface area contributed by atoms with Gasteiger partial charge in [-0.1, -0.05) is 19.6 Å². The summed E-state index contributed by atoms with van der Waals surface area (Å²) in [4.78, 5) is 11.1. The van der Waals surface area contributed by atoms with Gasteiger partial charge in [-0.25, -0.2) is 0 Å². The van der Waals surface area contributed by atoms with Crippen molar-refractivity contribution in [3.63, 3.8) is 0 Å². The summed E-state index contributed by atoms with van der Waals surface area (Å²) in [6.07, 6.45) is 1.09. The van der Waals surface area contributed by atoms with Crippen molar-refractivity contribution in [2.45, 2.75) is 45.0 Å². The number of hydrogen-bond acceptors (Lipinski definition) is 5. The van der Waals surface area contributed by atoms with Crippen LogP contribution >= 0.6 is 0 Å². The SMILES string of the molecule is COC(=O)CC[C@@H](CC#C[Si](C)(C)C)OS(C)(=O)=O. The van der Waals surface area contributed by atoms with E-state index in [-0.39, 0.29) is 18.8 Å². The molecule has 19 heavy (non-hydrogen) atoms. The highest BCUT2D eigenvalue weighted by Crippen LogP contribution is 2.10. The first-order chi connectivity index (χ1) is 8.53. The lowest BCUT2D eigenvalue weighted by Gasteiger charge is -2.13. The van der Waals surface area contributed by atoms with Crippen molar-refractivity contribution >= 4 is 24.2 Å². The van der Waals surface area contributed by atoms with Gasteiger partial charge in [-0.05, 0) is 6.42 Å². The van der Waals surface area contributed by atoms with E-state index >= 15 is 0 Å². The zero-order valence-electron chi connectivity index (χ0n) is 12.1. The number of carbonyl (C=O) groups is 1. The number of ether oxygens (including phenoxy) is 1. The van der Waals surface area contributed by atoms with Gasteiger partial charge in [0.2, 0.25) is 0 Å². The second-order valence-corrected chi connectivity index (χ2v) is 11.6. The molecule has 0 bridgehead atoms. The van der Waals surface area contributed by atoms with Crippen molar-refractivity contribution in [3.8, 4) is 11.5 Å². The number of esters is 1. The molecule has 0 saturated heterocycles. The van der Waals surface area contributed by atoms with E-state index in [1.165, 1.54) is 7.11 Å². The Balaban J connectivity index is 4.58. The molecule has 0 spiro atoms. The highest BCUT2D eigenvalue weighted by molar-refractivity contribution is 7.86. The Morgan fingerprint density at radius 2 is 1.89 bits per heavy atom. The molecule has 7 heteroatoms. The van der Waals surface area contributed by atoms with Gasteiger partial charge in [0.1, 0.15) is 8.07 Å². The Bertz CT molecular complexity index is 453. The molecular weight excluding hydrogens is 284 g/mol. The van der Waals surface area contributed by atoms with Crippen molar-refractivity contribution in [1.29, 1.82) is 0 Å². The minimum atomic E-state index is -3.55. The molecule has 0 aliphatic heterocycles. The number of rotatable bonds is 6. The van der Waals surface area contributed by atoms with E-state index in [4.69, 9.17) is 4.18 Å². The van der Waals surface area contributed by atoms with E-state index < -0.39 is 24.3 Å². The van der Waals surface area contributed by atoms with Crippen molar-refractivity contribution in [1.82, 2.24) is 0 Å². The van der Waals surface area contributed by atoms with Gasteiger partial charge in [0.05, 0.1) is 19.5 Å². The number of methoxy groups -OCH3 is 1. The summed E-state index contributed by atoms with van der Waals surface area (Å²) in [5.74, 6) is 2.57. The van der Waals surface area contributed by atoms with Crippen LogP contribution < -0.4 is 0 Å². The van der Waals surface area contributed by atoms with Crippen molar-refractivity contribution in [2.24, 2.45) is 0 Å². The van der Waals surface area contributed by atoms with Gasteiger partial charge in [-0.15, -0.1) is 11.5 Å². The van der Waals surface area contributed by atoms with Gasteiger partial charge in [0.15, 0.2) is 0 Å². The first kappa shape index (κ1) is 18.2. The molecular formula is C12H22O5SSi. The molecule has 0 unspecified atom stereocenters. The summed E-state index contributed by atoms with van der Waals surface area (Å²) in [6.45, 7) is 6.29. The third-order valence-corrected chi connectivity index (χ3v) is 3.55. The summed E-state index contributed by atoms with van der Waals surface area (Å²) in [6, 6.07) is 0. The first-order valence-corrected chi connectivity index (χ1v) is 11.3. The van der Waals surface area contributed by atoms with Crippen LogP contribution in [0.15, 0.2) is 0 Å². The van der Waals surface area contributed by atoms with Gasteiger partial charge in [0, 0.05) is 12.8 Å². The van der Waals surface area contributed by atoms with Crippen LogP contribution in [0.1, 0.15) is 19.3 Å². The van der Waals surface area contributed by atoms with E-state index in [0.29, 0.717) is 6.42 Å². The standard InChI is InChI=1S/C12H22O5SSi/c1-16-12(13)9-8-11(17-18(2,14)15)7-6-10-19(3,4)5/h11H,7-9H2,1-5H3/t11-/m1/s1. The third kappa shape index (κ3) is 12.0. The zero-order chi connectivity index (χ0) is 15.1. The summed E-state index contributed by atoms with van der Waals surface area (Å²) < 4.78 is 31.7. The lowest BCUT2D eigenvalue weighted by atomic mass is 10.1. The Labute approximate surface area is 116 Å². The van der Waals surface area contributed by atoms with Crippen LogP contribution in [0.4, 0.5) is 0 Å². The highest BCUT2D eigenvalue weighted by Gasteiger charge is 2.17. The molecule has 0 N–H and O–H groups in total. The Kier molecular flexibility index (Phi) is 7.33. The zero-order valence-corrected chi connectivity index (χ0v) is 14.0. The Morgan fingerprint density at radius 1 is 1.32 bits per heavy atom. The smallest absolute Gasteiger partial charge is 0.305 e. The fraction of sp³-hybridized carbons (Fsp3) is 0.750. The maximum absolute atomic E-state index is 11.1. The maximum Gasteiger partial charge on any atom is 0.305 e. The van der Waals surface area contributed by atoms with Crippen LogP contribution in [0.3, 0.4) is 0 Å². The van der Waals surface area contributed by atoms with Crippen LogP contribution in [0.25, 0.3) is 0 Å². The van der Waals surface area contributed by atoms with E-state index in [1.807, 2.05) is 0 Å². The van der Waals surface area contributed by atoms with E-state index in [9.17, 15) is 13.2 Å². The fourth-order valence-corrected chi connectivity index (χ4v) is 2.53. The second kappa shape index (κ2) is 7.67. The third-order valence-electron chi connectivity index (χ3n) is 2.00. The van der Waals surface area contributed by atoms with E-state index in [0.717, 1.165) is 6.26 Å². The predicted molar refractivity (Wildman–Crippen MR) is 76.7 cm³/mol.